The summed E-state index contributed by atoms with van der Waals surface area (Å²) in [4.78, 5) is 16.9. The summed E-state index contributed by atoms with van der Waals surface area (Å²) in [7, 11) is 1.83. The Morgan fingerprint density at radius 2 is 2.00 bits per heavy atom. The van der Waals surface area contributed by atoms with Crippen molar-refractivity contribution in [3.63, 3.8) is 0 Å². The van der Waals surface area contributed by atoms with Gasteiger partial charge in [0.2, 0.25) is 0 Å². The molecule has 1 saturated heterocycles. The van der Waals surface area contributed by atoms with Crippen molar-refractivity contribution >= 4 is 23.1 Å². The average Bonchev–Trinajstić information content (AvgIpc) is 2.73. The molecular formula is C21H19F4N5O2. The van der Waals surface area contributed by atoms with Crippen molar-refractivity contribution in [1.82, 2.24) is 20.1 Å². The summed E-state index contributed by atoms with van der Waals surface area (Å²) in [6.07, 6.45) is -2.22. The number of likely N-dealkylation sites (tertiary alicyclic amines) is 1. The first-order valence-electron chi connectivity index (χ1n) is 9.77. The van der Waals surface area contributed by atoms with Crippen LogP contribution in [0.25, 0.3) is 22.0 Å². The Morgan fingerprint density at radius 3 is 2.72 bits per heavy atom. The van der Waals surface area contributed by atoms with Crippen molar-refractivity contribution in [1.29, 1.82) is 0 Å². The number of fused-ring (bicyclic) bond motifs is 1. The number of aromatic nitrogens is 3. The van der Waals surface area contributed by atoms with Gasteiger partial charge in [0.15, 0.2) is 5.82 Å². The van der Waals surface area contributed by atoms with E-state index < -0.39 is 17.9 Å². The van der Waals surface area contributed by atoms with Crippen LogP contribution in [0.5, 0.6) is 5.75 Å². The lowest BCUT2D eigenvalue weighted by Gasteiger charge is -2.32. The van der Waals surface area contributed by atoms with E-state index in [1.165, 1.54) is 12.3 Å². The first-order chi connectivity index (χ1) is 15.3. The lowest BCUT2D eigenvalue weighted by atomic mass is 10.0. The monoisotopic (exact) mass is 449 g/mol. The Morgan fingerprint density at radius 1 is 1.19 bits per heavy atom. The second-order valence-electron chi connectivity index (χ2n) is 7.64. The molecule has 2 atom stereocenters. The molecule has 0 saturated carbocycles. The van der Waals surface area contributed by atoms with Crippen LogP contribution in [-0.2, 0) is 11.0 Å². The van der Waals surface area contributed by atoms with Gasteiger partial charge >= 0.3 is 6.18 Å². The molecule has 168 valence electrons. The number of piperidine rings is 1. The molecule has 0 radical (unpaired) electrons. The minimum Gasteiger partial charge on any atom is -0.428 e. The number of anilines is 1. The van der Waals surface area contributed by atoms with E-state index in [2.05, 4.69) is 20.5 Å². The highest BCUT2D eigenvalue weighted by molar-refractivity contribution is 6.00. The fourth-order valence-corrected chi connectivity index (χ4v) is 3.89. The van der Waals surface area contributed by atoms with E-state index in [4.69, 9.17) is 4.74 Å². The lowest BCUT2D eigenvalue weighted by Crippen LogP contribution is -2.45. The maximum atomic E-state index is 14.0. The van der Waals surface area contributed by atoms with E-state index in [0.29, 0.717) is 36.1 Å². The van der Waals surface area contributed by atoms with E-state index in [1.807, 2.05) is 11.9 Å². The number of carbonyl (C=O) groups is 1. The number of alkyl halides is 4. The number of hydrogen-bond donors (Lipinski definition) is 1. The average molecular weight is 449 g/mol. The SMILES string of the molecule is CN1C[C@H](F)C[C@@H](Nc2nnc(-c3ccc(C(F)(F)F)cc3OC=O)c3ccncc23)C1. The van der Waals surface area contributed by atoms with Crippen LogP contribution in [0.3, 0.4) is 0 Å². The van der Waals surface area contributed by atoms with Gasteiger partial charge in [-0.15, -0.1) is 10.2 Å². The van der Waals surface area contributed by atoms with Gasteiger partial charge < -0.3 is 15.0 Å². The summed E-state index contributed by atoms with van der Waals surface area (Å²) >= 11 is 0. The largest absolute Gasteiger partial charge is 0.428 e. The number of rotatable bonds is 5. The molecule has 3 heterocycles. The molecule has 0 spiro atoms. The summed E-state index contributed by atoms with van der Waals surface area (Å²) < 4.78 is 58.1. The summed E-state index contributed by atoms with van der Waals surface area (Å²) in [6.45, 7) is 1.03. The molecule has 0 unspecified atom stereocenters. The highest BCUT2D eigenvalue weighted by atomic mass is 19.4. The molecule has 1 fully saturated rings. The van der Waals surface area contributed by atoms with Gasteiger partial charge in [-0.1, -0.05) is 0 Å². The summed E-state index contributed by atoms with van der Waals surface area (Å²) in [6, 6.07) is 4.24. The first kappa shape index (κ1) is 21.9. The second-order valence-corrected chi connectivity index (χ2v) is 7.64. The number of halogens is 4. The van der Waals surface area contributed by atoms with Crippen molar-refractivity contribution in [3.8, 4) is 17.0 Å². The van der Waals surface area contributed by atoms with Gasteiger partial charge in [-0.05, 0) is 31.3 Å². The minimum absolute atomic E-state index is 0.0546. The molecule has 7 nitrogen and oxygen atoms in total. The highest BCUT2D eigenvalue weighted by Gasteiger charge is 2.32. The Hall–Kier alpha value is -3.34. The van der Waals surface area contributed by atoms with E-state index in [1.54, 1.807) is 12.3 Å². The van der Waals surface area contributed by atoms with E-state index in [0.717, 1.165) is 12.1 Å². The summed E-state index contributed by atoms with van der Waals surface area (Å²) in [5.41, 5.74) is -0.568. The van der Waals surface area contributed by atoms with Crippen LogP contribution < -0.4 is 10.1 Å². The molecule has 11 heteroatoms. The van der Waals surface area contributed by atoms with Crippen molar-refractivity contribution in [2.45, 2.75) is 24.8 Å². The number of nitrogens with one attached hydrogen (secondary N) is 1. The van der Waals surface area contributed by atoms with E-state index in [-0.39, 0.29) is 29.5 Å². The van der Waals surface area contributed by atoms with Crippen LogP contribution in [0, 0.1) is 0 Å². The third-order valence-corrected chi connectivity index (χ3v) is 5.24. The van der Waals surface area contributed by atoms with Crippen molar-refractivity contribution in [3.05, 3.63) is 42.2 Å². The van der Waals surface area contributed by atoms with Crippen LogP contribution in [0.2, 0.25) is 0 Å². The zero-order valence-electron chi connectivity index (χ0n) is 16.9. The maximum Gasteiger partial charge on any atom is 0.416 e. The molecule has 4 rings (SSSR count). The molecule has 1 aromatic carbocycles. The molecule has 1 aliphatic rings. The van der Waals surface area contributed by atoms with E-state index in [9.17, 15) is 22.4 Å². The first-order valence-corrected chi connectivity index (χ1v) is 9.77. The Kier molecular flexibility index (Phi) is 5.92. The molecule has 0 amide bonds. The number of ether oxygens (including phenoxy) is 1. The number of carbonyl (C=O) groups excluding carboxylic acids is 1. The predicted molar refractivity (Wildman–Crippen MR) is 109 cm³/mol. The van der Waals surface area contributed by atoms with Gasteiger partial charge in [-0.25, -0.2) is 4.39 Å². The topological polar surface area (TPSA) is 80.2 Å². The molecule has 3 aromatic rings. The summed E-state index contributed by atoms with van der Waals surface area (Å²) in [5.74, 6) is 0.0891. The number of benzene rings is 1. The van der Waals surface area contributed by atoms with Gasteiger partial charge in [-0.3, -0.25) is 9.78 Å². The van der Waals surface area contributed by atoms with Crippen LogP contribution in [-0.4, -0.2) is 58.9 Å². The van der Waals surface area contributed by atoms with Gasteiger partial charge in [0.1, 0.15) is 17.6 Å². The smallest absolute Gasteiger partial charge is 0.416 e. The molecule has 1 aliphatic heterocycles. The van der Waals surface area contributed by atoms with Crippen molar-refractivity contribution in [2.75, 3.05) is 25.5 Å². The van der Waals surface area contributed by atoms with Crippen LogP contribution in [0.15, 0.2) is 36.7 Å². The van der Waals surface area contributed by atoms with Crippen molar-refractivity contribution in [2.24, 2.45) is 0 Å². The van der Waals surface area contributed by atoms with Crippen LogP contribution in [0.1, 0.15) is 12.0 Å². The zero-order valence-corrected chi connectivity index (χ0v) is 16.9. The van der Waals surface area contributed by atoms with Gasteiger partial charge in [0.25, 0.3) is 6.47 Å². The van der Waals surface area contributed by atoms with E-state index >= 15 is 0 Å². The summed E-state index contributed by atoms with van der Waals surface area (Å²) in [5, 5.41) is 12.7. The van der Waals surface area contributed by atoms with Gasteiger partial charge in [0.05, 0.1) is 5.56 Å². The maximum absolute atomic E-state index is 14.0. The van der Waals surface area contributed by atoms with Gasteiger partial charge in [-0.2, -0.15) is 13.2 Å². The molecule has 0 bridgehead atoms. The third kappa shape index (κ3) is 4.47. The van der Waals surface area contributed by atoms with Gasteiger partial charge in [0, 0.05) is 54.3 Å². The molecule has 32 heavy (non-hydrogen) atoms. The predicted octanol–water partition coefficient (Wildman–Crippen LogP) is 3.70. The second kappa shape index (κ2) is 8.65. The molecular weight excluding hydrogens is 430 g/mol. The Labute approximate surface area is 180 Å². The molecule has 0 aliphatic carbocycles. The number of likely N-dealkylation sites (N-methyl/N-ethyl adjacent to an activating group) is 1. The quantitative estimate of drug-likeness (QED) is 0.470. The normalized spacial score (nSPS) is 19.7. The fourth-order valence-electron chi connectivity index (χ4n) is 3.89. The minimum atomic E-state index is -4.60. The zero-order chi connectivity index (χ0) is 22.9. The molecule has 1 N–H and O–H groups in total. The fraction of sp³-hybridized carbons (Fsp3) is 0.333. The number of pyridine rings is 1. The Balaban J connectivity index is 1.77. The number of hydrogen-bond acceptors (Lipinski definition) is 7. The highest BCUT2D eigenvalue weighted by Crippen LogP contribution is 2.39. The standard InChI is InChI=1S/C21H19F4N5O2/c1-30-9-13(22)7-14(10-30)27-20-17-8-26-5-4-15(17)19(28-29-20)16-3-2-12(21(23,24)25)6-18(16)32-11-31/h2-6,8,11,13-14H,7,9-10H2,1H3,(H,27,29)/t13-,14-/m1/s1. The third-order valence-electron chi connectivity index (χ3n) is 5.24. The van der Waals surface area contributed by atoms with Crippen LogP contribution in [0.4, 0.5) is 23.4 Å². The molecule has 2 aromatic heterocycles. The van der Waals surface area contributed by atoms with Crippen molar-refractivity contribution < 1.29 is 27.1 Å². The Bertz CT molecular complexity index is 1130. The van der Waals surface area contributed by atoms with Crippen LogP contribution >= 0.6 is 0 Å². The number of nitrogens with zero attached hydrogens (tertiary/aromatic N) is 4. The lowest BCUT2D eigenvalue weighted by molar-refractivity contribution is -0.138.